The van der Waals surface area contributed by atoms with Gasteiger partial charge in [0.1, 0.15) is 6.17 Å². The van der Waals surface area contributed by atoms with Crippen molar-refractivity contribution in [3.8, 4) is 0 Å². The van der Waals surface area contributed by atoms with E-state index in [2.05, 4.69) is 43.0 Å². The molecule has 0 saturated carbocycles. The monoisotopic (exact) mass is 392 g/mol. The topological polar surface area (TPSA) is 6.48 Å². The first-order valence-electron chi connectivity index (χ1n) is 13.0. The average Bonchev–Trinajstić information content (AvgIpc) is 3.08. The van der Waals surface area contributed by atoms with E-state index in [1.165, 1.54) is 129 Å². The Kier molecular flexibility index (Phi) is 16.7. The Bertz CT molecular complexity index is 352. The summed E-state index contributed by atoms with van der Waals surface area (Å²) in [5.41, 5.74) is 0. The van der Waals surface area contributed by atoms with Gasteiger partial charge in [0.2, 0.25) is 0 Å². The van der Waals surface area contributed by atoms with E-state index < -0.39 is 0 Å². The number of nitrogens with zero attached hydrogens (tertiary/aromatic N) is 2. The molecule has 0 spiro atoms. The number of hydrogen-bond acceptors (Lipinski definition) is 2. The van der Waals surface area contributed by atoms with Gasteiger partial charge in [-0.2, -0.15) is 0 Å². The van der Waals surface area contributed by atoms with Crippen molar-refractivity contribution in [2.24, 2.45) is 0 Å². The Labute approximate surface area is 178 Å². The maximum atomic E-state index is 2.66. The van der Waals surface area contributed by atoms with Crippen molar-refractivity contribution in [2.75, 3.05) is 13.1 Å². The van der Waals surface area contributed by atoms with Gasteiger partial charge in [-0.1, -0.05) is 111 Å². The molecule has 1 aliphatic heterocycles. The van der Waals surface area contributed by atoms with Gasteiger partial charge < -0.3 is 9.80 Å². The summed E-state index contributed by atoms with van der Waals surface area (Å²) < 4.78 is 0. The molecule has 0 aliphatic carbocycles. The summed E-state index contributed by atoms with van der Waals surface area (Å²) in [7, 11) is 0. The van der Waals surface area contributed by atoms with Gasteiger partial charge in [-0.15, -0.1) is 0 Å². The normalized spacial score (nSPS) is 16.5. The summed E-state index contributed by atoms with van der Waals surface area (Å²) in [6.45, 7) is 9.44. The second-order valence-corrected chi connectivity index (χ2v) is 8.99. The van der Waals surface area contributed by atoms with E-state index in [1.54, 1.807) is 0 Å². The van der Waals surface area contributed by atoms with Gasteiger partial charge in [0, 0.05) is 25.5 Å². The standard InChI is InChI=1S/C26H52N2/c1-4-7-10-12-14-15-17-20-23-28-25-24-27(26(28)21-18-9-6-3)22-19-16-13-11-8-5-2/h24-26H,4-23H2,1-3H3. The lowest BCUT2D eigenvalue weighted by molar-refractivity contribution is 0.135. The van der Waals surface area contributed by atoms with Gasteiger partial charge >= 0.3 is 0 Å². The van der Waals surface area contributed by atoms with Crippen molar-refractivity contribution in [3.63, 3.8) is 0 Å². The molecule has 0 fully saturated rings. The van der Waals surface area contributed by atoms with Gasteiger partial charge in [0.25, 0.3) is 0 Å². The molecule has 0 aromatic heterocycles. The molecule has 2 nitrogen and oxygen atoms in total. The molecular weight excluding hydrogens is 340 g/mol. The Morgan fingerprint density at radius 1 is 0.464 bits per heavy atom. The van der Waals surface area contributed by atoms with Gasteiger partial charge in [0.05, 0.1) is 0 Å². The zero-order valence-corrected chi connectivity index (χ0v) is 19.8. The minimum atomic E-state index is 0.645. The molecule has 0 aromatic carbocycles. The van der Waals surface area contributed by atoms with Crippen LogP contribution in [0.5, 0.6) is 0 Å². The highest BCUT2D eigenvalue weighted by atomic mass is 15.4. The van der Waals surface area contributed by atoms with Crippen LogP contribution < -0.4 is 0 Å². The average molecular weight is 393 g/mol. The minimum Gasteiger partial charge on any atom is -0.356 e. The largest absolute Gasteiger partial charge is 0.356 e. The Morgan fingerprint density at radius 2 is 0.821 bits per heavy atom. The highest BCUT2D eigenvalue weighted by Gasteiger charge is 2.24. The van der Waals surface area contributed by atoms with Gasteiger partial charge in [0.15, 0.2) is 0 Å². The summed E-state index contributed by atoms with van der Waals surface area (Å²) in [6.07, 6.45) is 30.6. The predicted molar refractivity (Wildman–Crippen MR) is 126 cm³/mol. The maximum Gasteiger partial charge on any atom is 0.101 e. The second-order valence-electron chi connectivity index (χ2n) is 8.99. The van der Waals surface area contributed by atoms with Crippen molar-refractivity contribution in [1.29, 1.82) is 0 Å². The summed E-state index contributed by atoms with van der Waals surface area (Å²) >= 11 is 0. The van der Waals surface area contributed by atoms with Crippen LogP contribution in [0, 0.1) is 0 Å². The molecule has 2 heteroatoms. The summed E-state index contributed by atoms with van der Waals surface area (Å²) in [5.74, 6) is 0. The Morgan fingerprint density at radius 3 is 1.25 bits per heavy atom. The van der Waals surface area contributed by atoms with E-state index in [-0.39, 0.29) is 0 Å². The quantitative estimate of drug-likeness (QED) is 0.192. The van der Waals surface area contributed by atoms with E-state index in [1.807, 2.05) is 0 Å². The molecule has 1 rings (SSSR count). The number of unbranched alkanes of at least 4 members (excludes halogenated alkanes) is 14. The van der Waals surface area contributed by atoms with Crippen LogP contribution in [-0.4, -0.2) is 29.1 Å². The SMILES string of the molecule is CCCCCCCCCCN1C=CN(CCCCCCCC)C1CCCCC. The lowest BCUT2D eigenvalue weighted by Gasteiger charge is -2.33. The molecule has 166 valence electrons. The first-order chi connectivity index (χ1) is 13.8. The molecule has 0 aromatic rings. The first kappa shape index (κ1) is 25.4. The van der Waals surface area contributed by atoms with Crippen LogP contribution in [0.4, 0.5) is 0 Å². The van der Waals surface area contributed by atoms with Gasteiger partial charge in [-0.25, -0.2) is 0 Å². The van der Waals surface area contributed by atoms with Crippen molar-refractivity contribution in [3.05, 3.63) is 12.4 Å². The smallest absolute Gasteiger partial charge is 0.101 e. The molecule has 0 saturated heterocycles. The highest BCUT2D eigenvalue weighted by Crippen LogP contribution is 2.23. The lowest BCUT2D eigenvalue weighted by Crippen LogP contribution is -2.39. The van der Waals surface area contributed by atoms with Gasteiger partial charge in [-0.3, -0.25) is 0 Å². The van der Waals surface area contributed by atoms with Crippen LogP contribution in [0.3, 0.4) is 0 Å². The van der Waals surface area contributed by atoms with Crippen LogP contribution in [0.2, 0.25) is 0 Å². The third kappa shape index (κ3) is 12.0. The molecular formula is C26H52N2. The fourth-order valence-corrected chi connectivity index (χ4v) is 4.42. The second kappa shape index (κ2) is 18.4. The minimum absolute atomic E-state index is 0.645. The van der Waals surface area contributed by atoms with Crippen LogP contribution in [0.1, 0.15) is 136 Å². The molecule has 0 radical (unpaired) electrons. The fourth-order valence-electron chi connectivity index (χ4n) is 4.42. The van der Waals surface area contributed by atoms with Crippen molar-refractivity contribution >= 4 is 0 Å². The van der Waals surface area contributed by atoms with Crippen LogP contribution in [0.25, 0.3) is 0 Å². The fraction of sp³-hybridized carbons (Fsp3) is 0.923. The molecule has 0 bridgehead atoms. The highest BCUT2D eigenvalue weighted by molar-refractivity contribution is 4.96. The van der Waals surface area contributed by atoms with Crippen molar-refractivity contribution in [2.45, 2.75) is 143 Å². The van der Waals surface area contributed by atoms with Crippen LogP contribution >= 0.6 is 0 Å². The predicted octanol–water partition coefficient (Wildman–Crippen LogP) is 8.48. The van der Waals surface area contributed by atoms with E-state index in [0.717, 1.165) is 0 Å². The molecule has 1 heterocycles. The Balaban J connectivity index is 2.23. The van der Waals surface area contributed by atoms with Crippen molar-refractivity contribution < 1.29 is 0 Å². The molecule has 1 atom stereocenters. The third-order valence-corrected chi connectivity index (χ3v) is 6.32. The van der Waals surface area contributed by atoms with E-state index in [9.17, 15) is 0 Å². The molecule has 1 unspecified atom stereocenters. The van der Waals surface area contributed by atoms with Crippen LogP contribution in [0.15, 0.2) is 12.4 Å². The zero-order valence-electron chi connectivity index (χ0n) is 19.8. The number of rotatable bonds is 20. The Hall–Kier alpha value is -0.660. The van der Waals surface area contributed by atoms with Crippen LogP contribution in [-0.2, 0) is 0 Å². The molecule has 0 N–H and O–H groups in total. The summed E-state index contributed by atoms with van der Waals surface area (Å²) in [4.78, 5) is 5.31. The first-order valence-corrected chi connectivity index (χ1v) is 13.0. The van der Waals surface area contributed by atoms with E-state index in [4.69, 9.17) is 0 Å². The zero-order chi connectivity index (χ0) is 20.3. The van der Waals surface area contributed by atoms with E-state index in [0.29, 0.717) is 6.17 Å². The molecule has 28 heavy (non-hydrogen) atoms. The maximum absolute atomic E-state index is 2.66. The lowest BCUT2D eigenvalue weighted by atomic mass is 10.1. The number of hydrogen-bond donors (Lipinski definition) is 0. The van der Waals surface area contributed by atoms with Crippen molar-refractivity contribution in [1.82, 2.24) is 9.80 Å². The molecule has 1 aliphatic rings. The molecule has 0 amide bonds. The summed E-state index contributed by atoms with van der Waals surface area (Å²) in [6, 6.07) is 0. The van der Waals surface area contributed by atoms with Gasteiger partial charge in [-0.05, 0) is 25.7 Å². The van der Waals surface area contributed by atoms with E-state index >= 15 is 0 Å². The third-order valence-electron chi connectivity index (χ3n) is 6.32. The summed E-state index contributed by atoms with van der Waals surface area (Å²) in [5, 5.41) is 0.